The van der Waals surface area contributed by atoms with E-state index >= 15 is 0 Å². The number of rotatable bonds is 5. The minimum absolute atomic E-state index is 0.130. The maximum atomic E-state index is 13.8. The monoisotopic (exact) mass is 348 g/mol. The fraction of sp³-hybridized carbons (Fsp3) is 0.462. The van der Waals surface area contributed by atoms with Gasteiger partial charge in [0, 0.05) is 11.3 Å². The lowest BCUT2D eigenvalue weighted by molar-refractivity contribution is 0.550. The molecule has 2 unspecified atom stereocenters. The summed E-state index contributed by atoms with van der Waals surface area (Å²) in [4.78, 5) is -0.454. The Hall–Kier alpha value is -0.700. The largest absolute Gasteiger partial charge is 0.389 e. The summed E-state index contributed by atoms with van der Waals surface area (Å²) in [5.74, 6) is -0.723. The number of sulfonamides is 1. The van der Waals surface area contributed by atoms with Gasteiger partial charge in [-0.25, -0.2) is 17.5 Å². The van der Waals surface area contributed by atoms with E-state index in [2.05, 4.69) is 4.72 Å². The summed E-state index contributed by atoms with van der Waals surface area (Å²) in [5, 5.41) is 0.459. The van der Waals surface area contributed by atoms with Crippen molar-refractivity contribution in [3.8, 4) is 0 Å². The normalized spacial score (nSPS) is 22.4. The Kier molecular flexibility index (Phi) is 5.24. The molecule has 1 saturated carbocycles. The zero-order chi connectivity index (χ0) is 15.6. The lowest BCUT2D eigenvalue weighted by atomic mass is 10.2. The van der Waals surface area contributed by atoms with Crippen molar-refractivity contribution >= 4 is 39.0 Å². The van der Waals surface area contributed by atoms with Gasteiger partial charge in [0.2, 0.25) is 10.0 Å². The van der Waals surface area contributed by atoms with Crippen molar-refractivity contribution < 1.29 is 12.8 Å². The van der Waals surface area contributed by atoms with Gasteiger partial charge in [0.15, 0.2) is 0 Å². The van der Waals surface area contributed by atoms with Gasteiger partial charge in [-0.05, 0) is 37.7 Å². The maximum Gasteiger partial charge on any atom is 0.241 e. The first kappa shape index (κ1) is 16.7. The highest BCUT2D eigenvalue weighted by atomic mass is 32.2. The molecule has 2 atom stereocenters. The average molecular weight is 348 g/mol. The summed E-state index contributed by atoms with van der Waals surface area (Å²) in [5.41, 5.74) is 5.24. The highest BCUT2D eigenvalue weighted by Gasteiger charge is 2.30. The van der Waals surface area contributed by atoms with Crippen LogP contribution in [-0.4, -0.2) is 31.0 Å². The van der Waals surface area contributed by atoms with Crippen LogP contribution in [0.4, 0.5) is 4.39 Å². The van der Waals surface area contributed by atoms with E-state index in [0.29, 0.717) is 5.25 Å². The molecule has 4 nitrogen and oxygen atoms in total. The molecule has 1 aromatic carbocycles. The first-order valence-electron chi connectivity index (χ1n) is 6.48. The summed E-state index contributed by atoms with van der Waals surface area (Å²) in [6.45, 7) is 0. The van der Waals surface area contributed by atoms with Crippen LogP contribution in [0.2, 0.25) is 0 Å². The van der Waals surface area contributed by atoms with Crippen LogP contribution >= 0.6 is 24.0 Å². The lowest BCUT2D eigenvalue weighted by Gasteiger charge is -2.15. The Labute approximate surface area is 133 Å². The average Bonchev–Trinajstić information content (AvgIpc) is 2.85. The molecule has 1 aromatic rings. The van der Waals surface area contributed by atoms with Crippen LogP contribution in [0.1, 0.15) is 24.8 Å². The van der Waals surface area contributed by atoms with Crippen LogP contribution in [0, 0.1) is 5.82 Å². The third-order valence-corrected chi connectivity index (χ3v) is 6.41. The molecule has 0 heterocycles. The van der Waals surface area contributed by atoms with E-state index < -0.39 is 15.8 Å². The van der Waals surface area contributed by atoms with Crippen molar-refractivity contribution in [3.63, 3.8) is 0 Å². The molecule has 21 heavy (non-hydrogen) atoms. The Bertz CT molecular complexity index is 649. The molecule has 0 radical (unpaired) electrons. The number of thiocarbonyl (C=S) groups is 1. The molecule has 8 heteroatoms. The summed E-state index contributed by atoms with van der Waals surface area (Å²) >= 11 is 6.50. The summed E-state index contributed by atoms with van der Waals surface area (Å²) in [6.07, 6.45) is 4.54. The van der Waals surface area contributed by atoms with E-state index in [1.54, 1.807) is 11.8 Å². The molecule has 1 aliphatic carbocycles. The fourth-order valence-electron chi connectivity index (χ4n) is 2.51. The molecule has 0 aliphatic heterocycles. The predicted octanol–water partition coefficient (Wildman–Crippen LogP) is 2.02. The molecule has 3 N–H and O–H groups in total. The van der Waals surface area contributed by atoms with Crippen molar-refractivity contribution in [2.24, 2.45) is 5.73 Å². The molecular weight excluding hydrogens is 331 g/mol. The SMILES string of the molecule is CSC1CCC(NS(=O)(=O)c2cccc(F)c2C(N)=S)C1. The number of nitrogens with one attached hydrogen (secondary N) is 1. The number of thioether (sulfide) groups is 1. The van der Waals surface area contributed by atoms with Crippen molar-refractivity contribution in [2.75, 3.05) is 6.26 Å². The molecule has 2 rings (SSSR count). The van der Waals surface area contributed by atoms with Crippen LogP contribution in [0.3, 0.4) is 0 Å². The van der Waals surface area contributed by atoms with Gasteiger partial charge in [-0.3, -0.25) is 0 Å². The molecule has 0 bridgehead atoms. The number of benzene rings is 1. The minimum atomic E-state index is -3.84. The van der Waals surface area contributed by atoms with Crippen molar-refractivity contribution in [1.29, 1.82) is 0 Å². The molecule has 0 aromatic heterocycles. The van der Waals surface area contributed by atoms with E-state index in [1.165, 1.54) is 12.1 Å². The van der Waals surface area contributed by atoms with E-state index in [4.69, 9.17) is 18.0 Å². The maximum absolute atomic E-state index is 13.8. The quantitative estimate of drug-likeness (QED) is 0.797. The first-order valence-corrected chi connectivity index (χ1v) is 9.66. The Morgan fingerprint density at radius 1 is 1.48 bits per heavy atom. The molecule has 0 amide bonds. The van der Waals surface area contributed by atoms with Crippen molar-refractivity contribution in [1.82, 2.24) is 4.72 Å². The summed E-state index contributed by atoms with van der Waals surface area (Å²) in [7, 11) is -3.84. The van der Waals surface area contributed by atoms with Crippen LogP contribution in [0.15, 0.2) is 23.1 Å². The Balaban J connectivity index is 2.29. The number of hydrogen-bond donors (Lipinski definition) is 2. The highest BCUT2D eigenvalue weighted by molar-refractivity contribution is 7.99. The van der Waals surface area contributed by atoms with Gasteiger partial charge in [0.1, 0.15) is 10.8 Å². The van der Waals surface area contributed by atoms with E-state index in [-0.39, 0.29) is 21.5 Å². The van der Waals surface area contributed by atoms with Gasteiger partial charge >= 0.3 is 0 Å². The second-order valence-corrected chi connectivity index (χ2v) is 8.23. The molecule has 1 fully saturated rings. The van der Waals surface area contributed by atoms with E-state index in [0.717, 1.165) is 25.3 Å². The van der Waals surface area contributed by atoms with Crippen LogP contribution in [0.25, 0.3) is 0 Å². The minimum Gasteiger partial charge on any atom is -0.389 e. The van der Waals surface area contributed by atoms with Crippen LogP contribution in [-0.2, 0) is 10.0 Å². The standard InChI is InChI=1S/C13H17FN2O2S3/c1-20-9-6-5-8(7-9)16-21(17,18)11-4-2-3-10(14)12(11)13(15)19/h2-4,8-9,16H,5-7H2,1H3,(H2,15,19). The third-order valence-electron chi connectivity index (χ3n) is 3.55. The smallest absolute Gasteiger partial charge is 0.241 e. The third kappa shape index (κ3) is 3.74. The predicted molar refractivity (Wildman–Crippen MR) is 87.6 cm³/mol. The van der Waals surface area contributed by atoms with Gasteiger partial charge in [-0.15, -0.1) is 0 Å². The zero-order valence-corrected chi connectivity index (χ0v) is 14.0. The number of halogens is 1. The Morgan fingerprint density at radius 2 is 2.19 bits per heavy atom. The van der Waals surface area contributed by atoms with Crippen LogP contribution < -0.4 is 10.5 Å². The van der Waals surface area contributed by atoms with Gasteiger partial charge in [-0.2, -0.15) is 11.8 Å². The number of hydrogen-bond acceptors (Lipinski definition) is 4. The number of nitrogens with two attached hydrogens (primary N) is 1. The highest BCUT2D eigenvalue weighted by Crippen LogP contribution is 2.29. The van der Waals surface area contributed by atoms with E-state index in [1.807, 2.05) is 6.26 Å². The molecule has 0 saturated heterocycles. The topological polar surface area (TPSA) is 72.2 Å². The molecular formula is C13H17FN2O2S3. The van der Waals surface area contributed by atoms with Crippen molar-refractivity contribution in [2.45, 2.75) is 35.4 Å². The molecule has 0 spiro atoms. The second-order valence-electron chi connectivity index (χ2n) is 4.97. The molecule has 1 aliphatic rings. The molecule has 116 valence electrons. The van der Waals surface area contributed by atoms with Crippen molar-refractivity contribution in [3.05, 3.63) is 29.6 Å². The fourth-order valence-corrected chi connectivity index (χ4v) is 5.09. The summed E-state index contributed by atoms with van der Waals surface area (Å²) < 4.78 is 41.4. The zero-order valence-electron chi connectivity index (χ0n) is 11.5. The van der Waals surface area contributed by atoms with Gasteiger partial charge in [0.05, 0.1) is 10.5 Å². The van der Waals surface area contributed by atoms with Gasteiger partial charge in [0.25, 0.3) is 0 Å². The first-order chi connectivity index (χ1) is 9.85. The lowest BCUT2D eigenvalue weighted by Crippen LogP contribution is -2.34. The van der Waals surface area contributed by atoms with Gasteiger partial charge < -0.3 is 5.73 Å². The summed E-state index contributed by atoms with van der Waals surface area (Å²) in [6, 6.07) is 3.67. The van der Waals surface area contributed by atoms with Crippen LogP contribution in [0.5, 0.6) is 0 Å². The van der Waals surface area contributed by atoms with Gasteiger partial charge in [-0.1, -0.05) is 18.3 Å². The van der Waals surface area contributed by atoms with E-state index in [9.17, 15) is 12.8 Å². The Morgan fingerprint density at radius 3 is 2.76 bits per heavy atom. The second kappa shape index (κ2) is 6.60.